The zero-order chi connectivity index (χ0) is 14.0. The fourth-order valence-electron chi connectivity index (χ4n) is 2.32. The summed E-state index contributed by atoms with van der Waals surface area (Å²) in [6.07, 6.45) is 0.931. The van der Waals surface area contributed by atoms with E-state index in [1.165, 1.54) is 0 Å². The molecule has 0 aromatic heterocycles. The van der Waals surface area contributed by atoms with Gasteiger partial charge in [-0.2, -0.15) is 0 Å². The number of piperidine rings is 1. The molecule has 1 fully saturated rings. The third kappa shape index (κ3) is 3.41. The molecule has 1 atom stereocenters. The van der Waals surface area contributed by atoms with Crippen molar-refractivity contribution in [3.8, 4) is 0 Å². The van der Waals surface area contributed by atoms with Crippen molar-refractivity contribution in [2.24, 2.45) is 5.41 Å². The van der Waals surface area contributed by atoms with Crippen LogP contribution in [0.1, 0.15) is 30.6 Å². The lowest BCUT2D eigenvalue weighted by Crippen LogP contribution is -2.54. The third-order valence-electron chi connectivity index (χ3n) is 3.62. The highest BCUT2D eigenvalue weighted by molar-refractivity contribution is 6.42. The number of benzene rings is 1. The summed E-state index contributed by atoms with van der Waals surface area (Å²) in [6, 6.07) is 5.10. The van der Waals surface area contributed by atoms with Crippen molar-refractivity contribution in [1.82, 2.24) is 10.6 Å². The number of hydrogen-bond donors (Lipinski definition) is 2. The first-order valence-corrected chi connectivity index (χ1v) is 7.12. The molecule has 1 unspecified atom stereocenters. The smallest absolute Gasteiger partial charge is 0.251 e. The Morgan fingerprint density at radius 2 is 2.11 bits per heavy atom. The average Bonchev–Trinajstić information content (AvgIpc) is 2.35. The summed E-state index contributed by atoms with van der Waals surface area (Å²) in [5.41, 5.74) is 0.591. The first kappa shape index (κ1) is 14.6. The Kier molecular flexibility index (Phi) is 4.39. The van der Waals surface area contributed by atoms with Crippen LogP contribution < -0.4 is 10.6 Å². The Morgan fingerprint density at radius 3 is 2.74 bits per heavy atom. The molecule has 2 rings (SSSR count). The number of hydrogen-bond acceptors (Lipinski definition) is 2. The second kappa shape index (κ2) is 5.70. The predicted molar refractivity (Wildman–Crippen MR) is 79.0 cm³/mol. The monoisotopic (exact) mass is 300 g/mol. The predicted octanol–water partition coefficient (Wildman–Crippen LogP) is 3.11. The van der Waals surface area contributed by atoms with Gasteiger partial charge in [0.1, 0.15) is 0 Å². The van der Waals surface area contributed by atoms with E-state index < -0.39 is 0 Å². The highest BCUT2D eigenvalue weighted by Gasteiger charge is 2.33. The van der Waals surface area contributed by atoms with Crippen molar-refractivity contribution in [2.45, 2.75) is 26.3 Å². The van der Waals surface area contributed by atoms with Crippen LogP contribution in [0.25, 0.3) is 0 Å². The van der Waals surface area contributed by atoms with Crippen molar-refractivity contribution >= 4 is 29.1 Å². The summed E-state index contributed by atoms with van der Waals surface area (Å²) < 4.78 is 0. The molecule has 1 saturated heterocycles. The Bertz CT molecular complexity index is 488. The number of halogens is 2. The van der Waals surface area contributed by atoms with Gasteiger partial charge in [0.05, 0.1) is 10.0 Å². The van der Waals surface area contributed by atoms with Crippen molar-refractivity contribution in [1.29, 1.82) is 0 Å². The molecule has 104 valence electrons. The summed E-state index contributed by atoms with van der Waals surface area (Å²) in [7, 11) is 0. The lowest BCUT2D eigenvalue weighted by atomic mass is 9.80. The standard InChI is InChI=1S/C14H18Cl2N2O/c1-14(2)8-17-6-5-12(14)18-13(19)9-3-4-10(15)11(16)7-9/h3-4,7,12,17H,5-6,8H2,1-2H3,(H,18,19). The first-order chi connectivity index (χ1) is 8.90. The Balaban J connectivity index is 2.10. The van der Waals surface area contributed by atoms with Gasteiger partial charge >= 0.3 is 0 Å². The SMILES string of the molecule is CC1(C)CNCCC1NC(=O)c1ccc(Cl)c(Cl)c1. The minimum atomic E-state index is -0.0986. The molecule has 19 heavy (non-hydrogen) atoms. The minimum absolute atomic E-state index is 0.0458. The van der Waals surface area contributed by atoms with Gasteiger partial charge in [-0.1, -0.05) is 37.0 Å². The molecule has 1 aliphatic heterocycles. The van der Waals surface area contributed by atoms with Crippen molar-refractivity contribution in [2.75, 3.05) is 13.1 Å². The van der Waals surface area contributed by atoms with Gasteiger partial charge in [0.2, 0.25) is 0 Å². The molecule has 2 N–H and O–H groups in total. The summed E-state index contributed by atoms with van der Waals surface area (Å²) in [5.74, 6) is -0.0986. The zero-order valence-corrected chi connectivity index (χ0v) is 12.6. The van der Waals surface area contributed by atoms with E-state index in [9.17, 15) is 4.79 Å². The van der Waals surface area contributed by atoms with Crippen LogP contribution in [0.4, 0.5) is 0 Å². The van der Waals surface area contributed by atoms with Crippen molar-refractivity contribution in [3.05, 3.63) is 33.8 Å². The van der Waals surface area contributed by atoms with E-state index in [4.69, 9.17) is 23.2 Å². The van der Waals surface area contributed by atoms with Crippen LogP contribution >= 0.6 is 23.2 Å². The highest BCUT2D eigenvalue weighted by Crippen LogP contribution is 2.26. The number of nitrogens with one attached hydrogen (secondary N) is 2. The molecule has 3 nitrogen and oxygen atoms in total. The lowest BCUT2D eigenvalue weighted by molar-refractivity contribution is 0.0868. The second-order valence-electron chi connectivity index (χ2n) is 5.61. The van der Waals surface area contributed by atoms with Gasteiger partial charge in [-0.15, -0.1) is 0 Å². The van der Waals surface area contributed by atoms with E-state index in [2.05, 4.69) is 24.5 Å². The largest absolute Gasteiger partial charge is 0.349 e. The molecular weight excluding hydrogens is 283 g/mol. The second-order valence-corrected chi connectivity index (χ2v) is 6.42. The Hall–Kier alpha value is -0.770. The maximum Gasteiger partial charge on any atom is 0.251 e. The van der Waals surface area contributed by atoms with Crippen molar-refractivity contribution < 1.29 is 4.79 Å². The molecule has 0 bridgehead atoms. The molecule has 5 heteroatoms. The summed E-state index contributed by atoms with van der Waals surface area (Å²) >= 11 is 11.8. The van der Waals surface area contributed by atoms with Crippen LogP contribution in [0.2, 0.25) is 10.0 Å². The molecule has 1 amide bonds. The number of carbonyl (C=O) groups excluding carboxylic acids is 1. The molecule has 1 aliphatic rings. The molecule has 1 aromatic carbocycles. The van der Waals surface area contributed by atoms with Gasteiger partial charge in [-0.3, -0.25) is 4.79 Å². The van der Waals surface area contributed by atoms with Gasteiger partial charge < -0.3 is 10.6 Å². The maximum absolute atomic E-state index is 12.2. The number of carbonyl (C=O) groups is 1. The van der Waals surface area contributed by atoms with Crippen LogP contribution in [-0.4, -0.2) is 25.0 Å². The fraction of sp³-hybridized carbons (Fsp3) is 0.500. The van der Waals surface area contributed by atoms with E-state index in [0.717, 1.165) is 19.5 Å². The highest BCUT2D eigenvalue weighted by atomic mass is 35.5. The van der Waals surface area contributed by atoms with Gasteiger partial charge in [-0.05, 0) is 36.6 Å². The minimum Gasteiger partial charge on any atom is -0.349 e. The lowest BCUT2D eigenvalue weighted by Gasteiger charge is -2.39. The summed E-state index contributed by atoms with van der Waals surface area (Å²) in [6.45, 7) is 6.13. The van der Waals surface area contributed by atoms with E-state index in [0.29, 0.717) is 15.6 Å². The number of amides is 1. The zero-order valence-electron chi connectivity index (χ0n) is 11.1. The summed E-state index contributed by atoms with van der Waals surface area (Å²) in [5, 5.41) is 7.30. The Labute approximate surface area is 123 Å². The number of rotatable bonds is 2. The Morgan fingerprint density at radius 1 is 1.37 bits per heavy atom. The maximum atomic E-state index is 12.2. The van der Waals surface area contributed by atoms with Gasteiger partial charge in [0.25, 0.3) is 5.91 Å². The normalized spacial score (nSPS) is 22.0. The molecule has 0 spiro atoms. The fourth-order valence-corrected chi connectivity index (χ4v) is 2.62. The first-order valence-electron chi connectivity index (χ1n) is 6.37. The molecule has 0 aliphatic carbocycles. The third-order valence-corrected chi connectivity index (χ3v) is 4.36. The van der Waals surface area contributed by atoms with Crippen LogP contribution in [0.5, 0.6) is 0 Å². The quantitative estimate of drug-likeness (QED) is 0.881. The van der Waals surface area contributed by atoms with E-state index in [1.54, 1.807) is 18.2 Å². The molecule has 0 radical (unpaired) electrons. The topological polar surface area (TPSA) is 41.1 Å². The van der Waals surface area contributed by atoms with Crippen LogP contribution in [-0.2, 0) is 0 Å². The van der Waals surface area contributed by atoms with Crippen LogP contribution in [0.15, 0.2) is 18.2 Å². The van der Waals surface area contributed by atoms with Gasteiger partial charge in [-0.25, -0.2) is 0 Å². The van der Waals surface area contributed by atoms with Crippen molar-refractivity contribution in [3.63, 3.8) is 0 Å². The molecule has 0 saturated carbocycles. The van der Waals surface area contributed by atoms with E-state index in [-0.39, 0.29) is 17.4 Å². The van der Waals surface area contributed by atoms with E-state index >= 15 is 0 Å². The average molecular weight is 301 g/mol. The van der Waals surface area contributed by atoms with Gasteiger partial charge in [0, 0.05) is 18.2 Å². The van der Waals surface area contributed by atoms with Crippen LogP contribution in [0, 0.1) is 5.41 Å². The van der Waals surface area contributed by atoms with Crippen LogP contribution in [0.3, 0.4) is 0 Å². The van der Waals surface area contributed by atoms with E-state index in [1.807, 2.05) is 0 Å². The molecule has 1 aromatic rings. The molecule has 1 heterocycles. The summed E-state index contributed by atoms with van der Waals surface area (Å²) in [4.78, 5) is 12.2. The molecular formula is C14H18Cl2N2O. The van der Waals surface area contributed by atoms with Gasteiger partial charge in [0.15, 0.2) is 0 Å².